The van der Waals surface area contributed by atoms with Crippen LogP contribution >= 0.6 is 0 Å². The number of para-hydroxylation sites is 1. The van der Waals surface area contributed by atoms with Crippen molar-refractivity contribution in [3.05, 3.63) is 65.5 Å². The highest BCUT2D eigenvalue weighted by atomic mass is 16.5. The fourth-order valence-corrected chi connectivity index (χ4v) is 5.44. The summed E-state index contributed by atoms with van der Waals surface area (Å²) in [4.78, 5) is 5.02. The van der Waals surface area contributed by atoms with Crippen molar-refractivity contribution in [3.63, 3.8) is 0 Å². The molecule has 0 radical (unpaired) electrons. The van der Waals surface area contributed by atoms with Crippen LogP contribution < -0.4 is 9.47 Å². The molecule has 1 unspecified atom stereocenters. The minimum atomic E-state index is -0.0977. The fourth-order valence-electron chi connectivity index (χ4n) is 5.44. The third-order valence-corrected chi connectivity index (χ3v) is 7.18. The van der Waals surface area contributed by atoms with Crippen LogP contribution in [0.5, 0.6) is 11.5 Å². The Morgan fingerprint density at radius 1 is 0.912 bits per heavy atom. The smallest absolute Gasteiger partial charge is 0.173 e. The van der Waals surface area contributed by atoms with Gasteiger partial charge in [-0.1, -0.05) is 55.3 Å². The summed E-state index contributed by atoms with van der Waals surface area (Å²) in [6.45, 7) is 4.80. The number of tetrazole rings is 1. The Labute approximate surface area is 201 Å². The topological polar surface area (TPSA) is 68.5 Å². The van der Waals surface area contributed by atoms with Gasteiger partial charge in [-0.2, -0.15) is 0 Å². The summed E-state index contributed by atoms with van der Waals surface area (Å²) in [5.41, 5.74) is 2.40. The Morgan fingerprint density at radius 2 is 1.68 bits per heavy atom. The van der Waals surface area contributed by atoms with E-state index in [4.69, 9.17) is 9.47 Å². The molecule has 2 fully saturated rings. The molecule has 1 atom stereocenters. The number of hydrogen-bond acceptors (Lipinski definition) is 7. The first-order valence-corrected chi connectivity index (χ1v) is 12.3. The van der Waals surface area contributed by atoms with Crippen LogP contribution in [0, 0.1) is 0 Å². The van der Waals surface area contributed by atoms with Crippen LogP contribution in [0.2, 0.25) is 0 Å². The van der Waals surface area contributed by atoms with Gasteiger partial charge in [0.2, 0.25) is 0 Å². The van der Waals surface area contributed by atoms with Crippen LogP contribution in [-0.2, 0) is 6.54 Å². The lowest BCUT2D eigenvalue weighted by Crippen LogP contribution is -2.48. The number of rotatable bonds is 8. The molecular formula is C26H34N6O2. The highest BCUT2D eigenvalue weighted by Crippen LogP contribution is 2.41. The Hall–Kier alpha value is -2.97. The van der Waals surface area contributed by atoms with Gasteiger partial charge in [-0.3, -0.25) is 9.80 Å². The average molecular weight is 463 g/mol. The predicted octanol–water partition coefficient (Wildman–Crippen LogP) is 3.71. The molecule has 1 saturated carbocycles. The maximum atomic E-state index is 5.86. The Morgan fingerprint density at radius 3 is 2.38 bits per heavy atom. The number of ether oxygens (including phenoxy) is 2. The minimum Gasteiger partial charge on any atom is -0.493 e. The number of hydrogen-bond donors (Lipinski definition) is 0. The third-order valence-electron chi connectivity index (χ3n) is 7.18. The van der Waals surface area contributed by atoms with E-state index < -0.39 is 0 Å². The molecule has 1 aliphatic heterocycles. The molecule has 8 heteroatoms. The van der Waals surface area contributed by atoms with E-state index >= 15 is 0 Å². The Balaban J connectivity index is 1.45. The van der Waals surface area contributed by atoms with E-state index in [2.05, 4.69) is 66.4 Å². The molecule has 5 rings (SSSR count). The monoisotopic (exact) mass is 462 g/mol. The first-order chi connectivity index (χ1) is 16.8. The van der Waals surface area contributed by atoms with Gasteiger partial charge in [0.05, 0.1) is 20.3 Å². The van der Waals surface area contributed by atoms with Gasteiger partial charge >= 0.3 is 0 Å². The van der Waals surface area contributed by atoms with Gasteiger partial charge in [0.15, 0.2) is 17.3 Å². The van der Waals surface area contributed by atoms with E-state index in [1.807, 2.05) is 12.1 Å². The minimum absolute atomic E-state index is 0.0977. The summed E-state index contributed by atoms with van der Waals surface area (Å²) in [5.74, 6) is 2.38. The quantitative estimate of drug-likeness (QED) is 0.505. The molecule has 2 aliphatic rings. The van der Waals surface area contributed by atoms with Gasteiger partial charge in [0.1, 0.15) is 6.04 Å². The molecule has 0 amide bonds. The molecule has 0 spiro atoms. The maximum Gasteiger partial charge on any atom is 0.173 e. The molecule has 180 valence electrons. The van der Waals surface area contributed by atoms with Crippen molar-refractivity contribution < 1.29 is 9.47 Å². The van der Waals surface area contributed by atoms with E-state index in [9.17, 15) is 0 Å². The molecule has 2 heterocycles. The van der Waals surface area contributed by atoms with Crippen LogP contribution in [0.25, 0.3) is 0 Å². The molecule has 0 N–H and O–H groups in total. The van der Waals surface area contributed by atoms with Crippen LogP contribution in [0.4, 0.5) is 0 Å². The Kier molecular flexibility index (Phi) is 7.06. The number of piperazine rings is 1. The number of nitrogens with zero attached hydrogens (tertiary/aromatic N) is 6. The zero-order valence-electron chi connectivity index (χ0n) is 20.1. The second kappa shape index (κ2) is 10.5. The van der Waals surface area contributed by atoms with Gasteiger partial charge < -0.3 is 9.47 Å². The second-order valence-corrected chi connectivity index (χ2v) is 9.20. The lowest BCUT2D eigenvalue weighted by molar-refractivity contribution is 0.0981. The lowest BCUT2D eigenvalue weighted by Gasteiger charge is -2.39. The maximum absolute atomic E-state index is 5.86. The molecular weight excluding hydrogens is 428 g/mol. The third kappa shape index (κ3) is 4.65. The van der Waals surface area contributed by atoms with Crippen molar-refractivity contribution in [2.75, 3.05) is 40.4 Å². The van der Waals surface area contributed by atoms with Crippen molar-refractivity contribution in [1.29, 1.82) is 0 Å². The number of aromatic nitrogens is 4. The highest BCUT2D eigenvalue weighted by molar-refractivity contribution is 5.49. The summed E-state index contributed by atoms with van der Waals surface area (Å²) >= 11 is 0. The summed E-state index contributed by atoms with van der Waals surface area (Å²) < 4.78 is 13.6. The standard InChI is InChI=1S/C26H34N6O2/c1-33-23-14-8-13-22(25(23)34-2)24(26-27-28-29-32(26)21-11-6-7-12-21)31-17-15-30(16-18-31)19-20-9-4-3-5-10-20/h3-5,8-10,13-14,21,24H,6-7,11-12,15-19H2,1-2H3. The summed E-state index contributed by atoms with van der Waals surface area (Å²) in [7, 11) is 3.39. The van der Waals surface area contributed by atoms with Gasteiger partial charge in [0, 0.05) is 38.3 Å². The first kappa shape index (κ1) is 22.8. The zero-order valence-corrected chi connectivity index (χ0v) is 20.1. The van der Waals surface area contributed by atoms with Crippen LogP contribution in [-0.4, -0.2) is 70.4 Å². The van der Waals surface area contributed by atoms with Crippen LogP contribution in [0.3, 0.4) is 0 Å². The molecule has 3 aromatic rings. The summed E-state index contributed by atoms with van der Waals surface area (Å²) in [6, 6.07) is 17.0. The van der Waals surface area contributed by atoms with Crippen LogP contribution in [0.1, 0.15) is 54.7 Å². The normalized spacial score (nSPS) is 18.8. The molecule has 1 aromatic heterocycles. The molecule has 8 nitrogen and oxygen atoms in total. The Bertz CT molecular complexity index is 1060. The van der Waals surface area contributed by atoms with Crippen molar-refractivity contribution in [3.8, 4) is 11.5 Å². The van der Waals surface area contributed by atoms with Gasteiger partial charge in [-0.25, -0.2) is 4.68 Å². The molecule has 1 saturated heterocycles. The molecule has 34 heavy (non-hydrogen) atoms. The van der Waals surface area contributed by atoms with E-state index in [1.54, 1.807) is 14.2 Å². The van der Waals surface area contributed by atoms with E-state index in [0.29, 0.717) is 6.04 Å². The predicted molar refractivity (Wildman–Crippen MR) is 130 cm³/mol. The van der Waals surface area contributed by atoms with Gasteiger partial charge in [0.25, 0.3) is 0 Å². The zero-order chi connectivity index (χ0) is 23.3. The number of benzene rings is 2. The van der Waals surface area contributed by atoms with E-state index in [0.717, 1.165) is 68.5 Å². The summed E-state index contributed by atoms with van der Waals surface area (Å²) in [6.07, 6.45) is 4.72. The molecule has 1 aliphatic carbocycles. The second-order valence-electron chi connectivity index (χ2n) is 9.20. The molecule has 0 bridgehead atoms. The van der Waals surface area contributed by atoms with Gasteiger partial charge in [-0.05, 0) is 34.9 Å². The van der Waals surface area contributed by atoms with E-state index in [1.165, 1.54) is 18.4 Å². The molecule has 2 aromatic carbocycles. The van der Waals surface area contributed by atoms with E-state index in [-0.39, 0.29) is 6.04 Å². The summed E-state index contributed by atoms with van der Waals surface area (Å²) in [5, 5.41) is 13.2. The largest absolute Gasteiger partial charge is 0.493 e. The van der Waals surface area contributed by atoms with Crippen LogP contribution in [0.15, 0.2) is 48.5 Å². The van der Waals surface area contributed by atoms with Crippen molar-refractivity contribution in [2.45, 2.75) is 44.3 Å². The first-order valence-electron chi connectivity index (χ1n) is 12.3. The SMILES string of the molecule is COc1cccc(C(c2nnnn2C2CCCC2)N2CCN(Cc3ccccc3)CC2)c1OC. The van der Waals surface area contributed by atoms with Gasteiger partial charge in [-0.15, -0.1) is 5.10 Å². The number of methoxy groups -OCH3 is 2. The fraction of sp³-hybridized carbons (Fsp3) is 0.500. The van der Waals surface area contributed by atoms with Crippen molar-refractivity contribution in [2.24, 2.45) is 0 Å². The highest BCUT2D eigenvalue weighted by Gasteiger charge is 2.35. The van der Waals surface area contributed by atoms with Crippen molar-refractivity contribution in [1.82, 2.24) is 30.0 Å². The van der Waals surface area contributed by atoms with Crippen molar-refractivity contribution >= 4 is 0 Å². The lowest BCUT2D eigenvalue weighted by atomic mass is 10.0. The average Bonchev–Trinajstić information content (AvgIpc) is 3.58.